The van der Waals surface area contributed by atoms with Gasteiger partial charge in [0.2, 0.25) is 0 Å². The number of alkyl halides is 1. The second-order valence-corrected chi connectivity index (χ2v) is 5.43. The minimum atomic E-state index is -0.522. The van der Waals surface area contributed by atoms with Crippen molar-refractivity contribution in [2.45, 2.75) is 0 Å². The van der Waals surface area contributed by atoms with Crippen molar-refractivity contribution in [2.24, 2.45) is 10.7 Å². The normalized spacial score (nSPS) is 11.5. The predicted molar refractivity (Wildman–Crippen MR) is 80.2 cm³/mol. The van der Waals surface area contributed by atoms with E-state index in [0.717, 1.165) is 0 Å². The van der Waals surface area contributed by atoms with E-state index in [0.29, 0.717) is 19.7 Å². The Hall–Kier alpha value is -0.300. The first kappa shape index (κ1) is 15.8. The zero-order chi connectivity index (χ0) is 13.9. The summed E-state index contributed by atoms with van der Waals surface area (Å²) < 4.78 is 5.56. The molecule has 0 spiro atoms. The number of carbonyl (C=O) groups is 1. The van der Waals surface area contributed by atoms with Crippen molar-refractivity contribution < 1.29 is 9.53 Å². The van der Waals surface area contributed by atoms with Crippen LogP contribution in [-0.2, 0) is 4.74 Å². The number of nitrogens with zero attached hydrogens (tertiary/aromatic N) is 1. The molecule has 0 saturated carbocycles. The van der Waals surface area contributed by atoms with Gasteiger partial charge in [-0.2, -0.15) is 0 Å². The van der Waals surface area contributed by atoms with Gasteiger partial charge in [0, 0.05) is 4.47 Å². The summed E-state index contributed by atoms with van der Waals surface area (Å²) in [5.74, 6) is -0.268. The Kier molecular flexibility index (Phi) is 5.91. The van der Waals surface area contributed by atoms with E-state index in [1.54, 1.807) is 6.07 Å². The highest BCUT2D eigenvalue weighted by Gasteiger charge is 2.20. The first-order valence-corrected chi connectivity index (χ1v) is 7.07. The van der Waals surface area contributed by atoms with Crippen LogP contribution in [0.3, 0.4) is 0 Å². The van der Waals surface area contributed by atoms with E-state index >= 15 is 0 Å². The van der Waals surface area contributed by atoms with E-state index in [2.05, 4.69) is 41.6 Å². The molecule has 4 nitrogen and oxygen atoms in total. The predicted octanol–water partition coefficient (Wildman–Crippen LogP) is 3.88. The standard InChI is InChI=1S/C10H8Br2Cl2N2O2/c1-18-10(17)7-4(11)2-5(14)9(8(7)12)16-6(15)3-13/h2H,3H2,1H3,(H2,15,16). The summed E-state index contributed by atoms with van der Waals surface area (Å²) in [4.78, 5) is 15.7. The fourth-order valence-corrected chi connectivity index (χ4v) is 3.23. The molecular formula is C10H8Br2Cl2N2O2. The van der Waals surface area contributed by atoms with Crippen molar-refractivity contribution in [1.82, 2.24) is 0 Å². The SMILES string of the molecule is COC(=O)c1c(Br)cc(Cl)c(N=C(N)CCl)c1Br. The third-order valence-corrected chi connectivity index (χ3v) is 3.89. The van der Waals surface area contributed by atoms with Gasteiger partial charge in [0.1, 0.15) is 5.84 Å². The van der Waals surface area contributed by atoms with Gasteiger partial charge in [-0.15, -0.1) is 11.6 Å². The van der Waals surface area contributed by atoms with E-state index in [1.807, 2.05) is 0 Å². The average molecular weight is 419 g/mol. The van der Waals surface area contributed by atoms with E-state index in [4.69, 9.17) is 28.9 Å². The van der Waals surface area contributed by atoms with Gasteiger partial charge in [0.25, 0.3) is 0 Å². The number of aliphatic imine (C=N–C) groups is 1. The number of methoxy groups -OCH3 is 1. The molecule has 0 aromatic heterocycles. The van der Waals surface area contributed by atoms with Gasteiger partial charge in [-0.25, -0.2) is 9.79 Å². The highest BCUT2D eigenvalue weighted by molar-refractivity contribution is 9.11. The lowest BCUT2D eigenvalue weighted by Gasteiger charge is -2.10. The molecule has 1 aromatic rings. The molecule has 0 saturated heterocycles. The van der Waals surface area contributed by atoms with Crippen LogP contribution in [0.4, 0.5) is 5.69 Å². The third kappa shape index (κ3) is 3.38. The van der Waals surface area contributed by atoms with Crippen LogP contribution < -0.4 is 5.73 Å². The Balaban J connectivity index is 3.50. The van der Waals surface area contributed by atoms with Crippen molar-refractivity contribution in [3.05, 3.63) is 25.6 Å². The molecule has 0 amide bonds. The van der Waals surface area contributed by atoms with Crippen molar-refractivity contribution in [1.29, 1.82) is 0 Å². The summed E-state index contributed by atoms with van der Waals surface area (Å²) in [5, 5.41) is 0.328. The summed E-state index contributed by atoms with van der Waals surface area (Å²) in [6.45, 7) is 0. The van der Waals surface area contributed by atoms with Gasteiger partial charge in [0.15, 0.2) is 0 Å². The van der Waals surface area contributed by atoms with Crippen molar-refractivity contribution in [3.8, 4) is 0 Å². The molecule has 0 unspecified atom stereocenters. The van der Waals surface area contributed by atoms with E-state index < -0.39 is 5.97 Å². The van der Waals surface area contributed by atoms with Crippen LogP contribution in [0.2, 0.25) is 5.02 Å². The third-order valence-electron chi connectivity index (χ3n) is 1.93. The minimum absolute atomic E-state index is 0.0619. The topological polar surface area (TPSA) is 64.7 Å². The lowest BCUT2D eigenvalue weighted by Crippen LogP contribution is -2.12. The second kappa shape index (κ2) is 6.75. The molecule has 8 heteroatoms. The monoisotopic (exact) mass is 416 g/mol. The van der Waals surface area contributed by atoms with Crippen LogP contribution in [-0.4, -0.2) is 24.8 Å². The first-order chi connectivity index (χ1) is 8.42. The van der Waals surface area contributed by atoms with Gasteiger partial charge < -0.3 is 10.5 Å². The van der Waals surface area contributed by atoms with Crippen LogP contribution in [0.1, 0.15) is 10.4 Å². The fraction of sp³-hybridized carbons (Fsp3) is 0.200. The number of hydrogen-bond donors (Lipinski definition) is 1. The maximum Gasteiger partial charge on any atom is 0.340 e. The van der Waals surface area contributed by atoms with Crippen molar-refractivity contribution in [3.63, 3.8) is 0 Å². The molecule has 1 aromatic carbocycles. The van der Waals surface area contributed by atoms with Crippen LogP contribution in [0.25, 0.3) is 0 Å². The van der Waals surface area contributed by atoms with Crippen molar-refractivity contribution >= 4 is 72.6 Å². The number of carbonyl (C=O) groups excluding carboxylic acids is 1. The number of ether oxygens (including phenoxy) is 1. The maximum atomic E-state index is 11.6. The number of esters is 1. The Morgan fingerprint density at radius 2 is 2.17 bits per heavy atom. The molecule has 0 aliphatic rings. The van der Waals surface area contributed by atoms with Crippen LogP contribution in [0, 0.1) is 0 Å². The summed E-state index contributed by atoms with van der Waals surface area (Å²) >= 11 is 18.1. The zero-order valence-corrected chi connectivity index (χ0v) is 13.8. The molecule has 0 atom stereocenters. The average Bonchev–Trinajstić information content (AvgIpc) is 2.33. The van der Waals surface area contributed by atoms with Gasteiger partial charge in [-0.3, -0.25) is 0 Å². The van der Waals surface area contributed by atoms with Gasteiger partial charge in [-0.05, 0) is 37.9 Å². The molecule has 0 radical (unpaired) electrons. The Bertz CT molecular complexity index is 521. The number of amidine groups is 1. The second-order valence-electron chi connectivity index (χ2n) is 3.11. The summed E-state index contributed by atoms with van der Waals surface area (Å²) in [7, 11) is 1.28. The van der Waals surface area contributed by atoms with Gasteiger partial charge in [0.05, 0.1) is 33.7 Å². The molecular weight excluding hydrogens is 411 g/mol. The first-order valence-electron chi connectivity index (χ1n) is 4.57. The zero-order valence-electron chi connectivity index (χ0n) is 9.14. The van der Waals surface area contributed by atoms with Crippen LogP contribution in [0.5, 0.6) is 0 Å². The largest absolute Gasteiger partial charge is 0.465 e. The molecule has 0 bridgehead atoms. The molecule has 0 aliphatic heterocycles. The van der Waals surface area contributed by atoms with Crippen LogP contribution >= 0.6 is 55.1 Å². The lowest BCUT2D eigenvalue weighted by atomic mass is 10.2. The van der Waals surface area contributed by atoms with E-state index in [9.17, 15) is 4.79 Å². The Morgan fingerprint density at radius 3 is 2.67 bits per heavy atom. The number of nitrogens with two attached hydrogens (primary N) is 1. The Morgan fingerprint density at radius 1 is 1.56 bits per heavy atom. The fourth-order valence-electron chi connectivity index (χ4n) is 1.15. The number of hydrogen-bond acceptors (Lipinski definition) is 3. The number of halogens is 4. The molecule has 18 heavy (non-hydrogen) atoms. The van der Waals surface area contributed by atoms with Gasteiger partial charge >= 0.3 is 5.97 Å². The highest BCUT2D eigenvalue weighted by Crippen LogP contribution is 2.40. The van der Waals surface area contributed by atoms with Gasteiger partial charge in [-0.1, -0.05) is 11.6 Å². The number of benzene rings is 1. The van der Waals surface area contributed by atoms with Crippen LogP contribution in [0.15, 0.2) is 20.0 Å². The molecule has 0 aliphatic carbocycles. The van der Waals surface area contributed by atoms with E-state index in [1.165, 1.54) is 7.11 Å². The van der Waals surface area contributed by atoms with Crippen molar-refractivity contribution in [2.75, 3.05) is 13.0 Å². The molecule has 0 heterocycles. The number of rotatable bonds is 3. The molecule has 2 N–H and O–H groups in total. The highest BCUT2D eigenvalue weighted by atomic mass is 79.9. The molecule has 98 valence electrons. The minimum Gasteiger partial charge on any atom is -0.465 e. The molecule has 1 rings (SSSR count). The smallest absolute Gasteiger partial charge is 0.340 e. The summed E-state index contributed by atoms with van der Waals surface area (Å²) in [6.07, 6.45) is 0. The lowest BCUT2D eigenvalue weighted by molar-refractivity contribution is 0.0598. The Labute approximate surface area is 131 Å². The summed E-state index contributed by atoms with van der Waals surface area (Å²) in [5.41, 5.74) is 6.16. The molecule has 0 fully saturated rings. The quantitative estimate of drug-likeness (QED) is 0.350. The maximum absolute atomic E-state index is 11.6. The summed E-state index contributed by atoms with van der Waals surface area (Å²) in [6, 6.07) is 1.54. The van der Waals surface area contributed by atoms with E-state index in [-0.39, 0.29) is 17.3 Å².